The standard InChI is InChI=1S/C18H23NO6/c1-23-17-4-2-3-5-18(17)24-9-8-19-11-13(20)12-25-14-6-7-15(21)16(22)10-14/h2-7,10,13,19-22H,8-9,11-12H2,1H3/t13-/m1/s1. The summed E-state index contributed by atoms with van der Waals surface area (Å²) in [5, 5.41) is 31.5. The molecule has 7 heteroatoms. The maximum absolute atomic E-state index is 9.87. The van der Waals surface area contributed by atoms with Gasteiger partial charge in [-0.15, -0.1) is 0 Å². The Morgan fingerprint density at radius 2 is 1.76 bits per heavy atom. The molecule has 2 aromatic carbocycles. The quantitative estimate of drug-likeness (QED) is 0.381. The highest BCUT2D eigenvalue weighted by molar-refractivity contribution is 5.43. The van der Waals surface area contributed by atoms with Crippen LogP contribution in [0.3, 0.4) is 0 Å². The second kappa shape index (κ2) is 9.61. The zero-order chi connectivity index (χ0) is 18.1. The Morgan fingerprint density at radius 3 is 2.48 bits per heavy atom. The van der Waals surface area contributed by atoms with Gasteiger partial charge >= 0.3 is 0 Å². The van der Waals surface area contributed by atoms with Crippen LogP contribution in [0.1, 0.15) is 0 Å². The predicted octanol–water partition coefficient (Wildman–Crippen LogP) is 1.51. The summed E-state index contributed by atoms with van der Waals surface area (Å²) in [5.74, 6) is 1.23. The van der Waals surface area contributed by atoms with Crippen molar-refractivity contribution in [1.29, 1.82) is 0 Å². The number of aliphatic hydroxyl groups excluding tert-OH is 1. The zero-order valence-electron chi connectivity index (χ0n) is 14.0. The van der Waals surface area contributed by atoms with Gasteiger partial charge in [0.15, 0.2) is 23.0 Å². The highest BCUT2D eigenvalue weighted by Gasteiger charge is 2.07. The molecular weight excluding hydrogens is 326 g/mol. The average Bonchev–Trinajstić information content (AvgIpc) is 2.62. The maximum atomic E-state index is 9.87. The van der Waals surface area contributed by atoms with Crippen LogP contribution in [0.2, 0.25) is 0 Å². The number of para-hydroxylation sites is 2. The molecule has 0 spiro atoms. The van der Waals surface area contributed by atoms with E-state index in [1.54, 1.807) is 7.11 Å². The first-order valence-corrected chi connectivity index (χ1v) is 7.89. The lowest BCUT2D eigenvalue weighted by molar-refractivity contribution is 0.105. The second-order valence-electron chi connectivity index (χ2n) is 5.32. The van der Waals surface area contributed by atoms with E-state index in [1.165, 1.54) is 18.2 Å². The molecule has 0 aromatic heterocycles. The summed E-state index contributed by atoms with van der Waals surface area (Å²) in [7, 11) is 1.59. The predicted molar refractivity (Wildman–Crippen MR) is 92.6 cm³/mol. The van der Waals surface area contributed by atoms with E-state index < -0.39 is 6.10 Å². The number of benzene rings is 2. The van der Waals surface area contributed by atoms with Crippen LogP contribution in [0.5, 0.6) is 28.7 Å². The van der Waals surface area contributed by atoms with Gasteiger partial charge in [-0.25, -0.2) is 0 Å². The largest absolute Gasteiger partial charge is 0.504 e. The van der Waals surface area contributed by atoms with Crippen LogP contribution < -0.4 is 19.5 Å². The van der Waals surface area contributed by atoms with Crippen LogP contribution in [0, 0.1) is 0 Å². The highest BCUT2D eigenvalue weighted by Crippen LogP contribution is 2.28. The smallest absolute Gasteiger partial charge is 0.161 e. The minimum atomic E-state index is -0.720. The minimum absolute atomic E-state index is 0.0601. The highest BCUT2D eigenvalue weighted by atomic mass is 16.5. The third kappa shape index (κ3) is 6.06. The van der Waals surface area contributed by atoms with Crippen molar-refractivity contribution >= 4 is 0 Å². The van der Waals surface area contributed by atoms with E-state index in [2.05, 4.69) is 5.32 Å². The Balaban J connectivity index is 1.62. The van der Waals surface area contributed by atoms with E-state index in [0.717, 1.165) is 0 Å². The van der Waals surface area contributed by atoms with Crippen molar-refractivity contribution in [2.45, 2.75) is 6.10 Å². The maximum Gasteiger partial charge on any atom is 0.161 e. The van der Waals surface area contributed by atoms with Crippen LogP contribution in [-0.4, -0.2) is 54.8 Å². The van der Waals surface area contributed by atoms with Gasteiger partial charge in [-0.1, -0.05) is 12.1 Å². The Labute approximate surface area is 146 Å². The number of aliphatic hydroxyl groups is 1. The number of nitrogens with one attached hydrogen (secondary N) is 1. The first kappa shape index (κ1) is 18.7. The van der Waals surface area contributed by atoms with Crippen molar-refractivity contribution in [2.75, 3.05) is 33.4 Å². The Bertz CT molecular complexity index is 664. The molecule has 0 amide bonds. The lowest BCUT2D eigenvalue weighted by Gasteiger charge is -2.14. The SMILES string of the molecule is COc1ccccc1OCCNC[C@@H](O)COc1ccc(O)c(O)c1. The summed E-state index contributed by atoms with van der Waals surface area (Å²) in [6, 6.07) is 11.5. The Morgan fingerprint density at radius 1 is 1.00 bits per heavy atom. The van der Waals surface area contributed by atoms with E-state index in [9.17, 15) is 15.3 Å². The summed E-state index contributed by atoms with van der Waals surface area (Å²) >= 11 is 0. The molecule has 0 heterocycles. The number of methoxy groups -OCH3 is 1. The molecule has 0 unspecified atom stereocenters. The van der Waals surface area contributed by atoms with Crippen molar-refractivity contribution in [1.82, 2.24) is 5.32 Å². The van der Waals surface area contributed by atoms with Gasteiger partial charge in [-0.2, -0.15) is 0 Å². The molecule has 25 heavy (non-hydrogen) atoms. The molecule has 0 radical (unpaired) electrons. The minimum Gasteiger partial charge on any atom is -0.504 e. The zero-order valence-corrected chi connectivity index (χ0v) is 14.0. The van der Waals surface area contributed by atoms with E-state index in [-0.39, 0.29) is 18.1 Å². The third-order valence-corrected chi connectivity index (χ3v) is 3.37. The van der Waals surface area contributed by atoms with Gasteiger partial charge in [-0.3, -0.25) is 0 Å². The molecule has 2 rings (SSSR count). The number of phenols is 2. The lowest BCUT2D eigenvalue weighted by Crippen LogP contribution is -2.33. The van der Waals surface area contributed by atoms with Gasteiger partial charge in [0.2, 0.25) is 0 Å². The molecule has 0 aliphatic rings. The van der Waals surface area contributed by atoms with Crippen molar-refractivity contribution in [3.63, 3.8) is 0 Å². The first-order chi connectivity index (χ1) is 12.1. The fourth-order valence-electron chi connectivity index (χ4n) is 2.08. The topological polar surface area (TPSA) is 100 Å². The van der Waals surface area contributed by atoms with Gasteiger partial charge in [-0.05, 0) is 24.3 Å². The number of phenolic OH excluding ortho intramolecular Hbond substituents is 2. The van der Waals surface area contributed by atoms with Gasteiger partial charge < -0.3 is 34.8 Å². The van der Waals surface area contributed by atoms with Crippen molar-refractivity contribution in [2.24, 2.45) is 0 Å². The fraction of sp³-hybridized carbons (Fsp3) is 0.333. The molecular formula is C18H23NO6. The molecule has 0 aliphatic carbocycles. The van der Waals surface area contributed by atoms with Crippen molar-refractivity contribution < 1.29 is 29.5 Å². The molecule has 0 bridgehead atoms. The van der Waals surface area contributed by atoms with Gasteiger partial charge in [0.25, 0.3) is 0 Å². The molecule has 4 N–H and O–H groups in total. The van der Waals surface area contributed by atoms with Crippen LogP contribution in [-0.2, 0) is 0 Å². The van der Waals surface area contributed by atoms with E-state index in [0.29, 0.717) is 36.9 Å². The summed E-state index contributed by atoms with van der Waals surface area (Å²) in [5.41, 5.74) is 0. The molecule has 0 aliphatic heterocycles. The molecule has 136 valence electrons. The summed E-state index contributed by atoms with van der Waals surface area (Å²) in [6.07, 6.45) is -0.720. The van der Waals surface area contributed by atoms with Gasteiger partial charge in [0.1, 0.15) is 25.1 Å². The number of aromatic hydroxyl groups is 2. The monoisotopic (exact) mass is 349 g/mol. The molecule has 7 nitrogen and oxygen atoms in total. The second-order valence-corrected chi connectivity index (χ2v) is 5.32. The number of rotatable bonds is 10. The molecule has 2 aromatic rings. The third-order valence-electron chi connectivity index (χ3n) is 3.37. The van der Waals surface area contributed by atoms with Crippen LogP contribution >= 0.6 is 0 Å². The first-order valence-electron chi connectivity index (χ1n) is 7.89. The number of hydrogen-bond acceptors (Lipinski definition) is 7. The number of hydrogen-bond donors (Lipinski definition) is 4. The van der Waals surface area contributed by atoms with E-state index in [1.807, 2.05) is 24.3 Å². The summed E-state index contributed by atoms with van der Waals surface area (Å²) in [6.45, 7) is 1.37. The fourth-order valence-corrected chi connectivity index (χ4v) is 2.08. The van der Waals surface area contributed by atoms with Crippen LogP contribution in [0.15, 0.2) is 42.5 Å². The van der Waals surface area contributed by atoms with E-state index in [4.69, 9.17) is 14.2 Å². The van der Waals surface area contributed by atoms with Gasteiger partial charge in [0, 0.05) is 19.2 Å². The summed E-state index contributed by atoms with van der Waals surface area (Å²) < 4.78 is 16.2. The van der Waals surface area contributed by atoms with Crippen molar-refractivity contribution in [3.05, 3.63) is 42.5 Å². The molecule has 1 atom stereocenters. The van der Waals surface area contributed by atoms with E-state index >= 15 is 0 Å². The molecule has 0 saturated heterocycles. The normalized spacial score (nSPS) is 11.8. The Kier molecular flexibility index (Phi) is 7.18. The van der Waals surface area contributed by atoms with Crippen LogP contribution in [0.25, 0.3) is 0 Å². The molecule has 0 saturated carbocycles. The average molecular weight is 349 g/mol. The van der Waals surface area contributed by atoms with Crippen LogP contribution in [0.4, 0.5) is 0 Å². The van der Waals surface area contributed by atoms with Crippen molar-refractivity contribution in [3.8, 4) is 28.7 Å². The molecule has 0 fully saturated rings. The number of ether oxygens (including phenoxy) is 3. The summed E-state index contributed by atoms with van der Waals surface area (Å²) in [4.78, 5) is 0. The van der Waals surface area contributed by atoms with Gasteiger partial charge in [0.05, 0.1) is 7.11 Å². The Hall–Kier alpha value is -2.64. The lowest BCUT2D eigenvalue weighted by atomic mass is 10.3.